The molecule has 3 rings (SSSR count). The van der Waals surface area contributed by atoms with E-state index in [1.807, 2.05) is 0 Å². The molecule has 1 saturated carbocycles. The monoisotopic (exact) mass is 333 g/mol. The van der Waals surface area contributed by atoms with Gasteiger partial charge in [0.1, 0.15) is 11.5 Å². The first-order chi connectivity index (χ1) is 11.5. The molecule has 1 aliphatic carbocycles. The quantitative estimate of drug-likeness (QED) is 0.802. The second kappa shape index (κ2) is 6.10. The predicted molar refractivity (Wildman–Crippen MR) is 89.3 cm³/mol. The van der Waals surface area contributed by atoms with Gasteiger partial charge >= 0.3 is 5.97 Å². The highest BCUT2D eigenvalue weighted by Crippen LogP contribution is 2.39. The van der Waals surface area contributed by atoms with Gasteiger partial charge in [0.25, 0.3) is 0 Å². The Morgan fingerprint density at radius 3 is 2.62 bits per heavy atom. The number of anilines is 1. The van der Waals surface area contributed by atoms with Crippen molar-refractivity contribution in [1.29, 1.82) is 0 Å². The lowest BCUT2D eigenvalue weighted by atomic mass is 9.87. The number of hydrogen-bond donors (Lipinski definition) is 2. The molecule has 0 bridgehead atoms. The van der Waals surface area contributed by atoms with Crippen molar-refractivity contribution in [3.63, 3.8) is 0 Å². The summed E-state index contributed by atoms with van der Waals surface area (Å²) in [7, 11) is 1.21. The van der Waals surface area contributed by atoms with Crippen LogP contribution in [0.4, 0.5) is 10.1 Å². The molecule has 0 unspecified atom stereocenters. The van der Waals surface area contributed by atoms with Gasteiger partial charge in [-0.05, 0) is 43.9 Å². The molecule has 0 radical (unpaired) electrons. The lowest BCUT2D eigenvalue weighted by Crippen LogP contribution is -2.58. The third-order valence-corrected chi connectivity index (χ3v) is 4.47. The number of carbonyl (C=O) groups excluding carboxylic acids is 1. The van der Waals surface area contributed by atoms with Gasteiger partial charge in [-0.25, -0.2) is 14.2 Å². The fraction of sp³-hybridized carbons (Fsp3) is 0.438. The first-order valence-electron chi connectivity index (χ1n) is 7.84. The molecule has 0 amide bonds. The van der Waals surface area contributed by atoms with Gasteiger partial charge in [0.15, 0.2) is 0 Å². The summed E-state index contributed by atoms with van der Waals surface area (Å²) >= 11 is 0. The Balaban J connectivity index is 2.04. The number of esters is 1. The molecule has 0 aromatic heterocycles. The Morgan fingerprint density at radius 2 is 2.00 bits per heavy atom. The van der Waals surface area contributed by atoms with Crippen LogP contribution in [-0.2, 0) is 4.74 Å². The predicted octanol–water partition coefficient (Wildman–Crippen LogP) is 1.72. The molecule has 1 heterocycles. The van der Waals surface area contributed by atoms with Crippen LogP contribution in [0.3, 0.4) is 0 Å². The molecule has 0 saturated heterocycles. The first kappa shape index (κ1) is 16.2. The standard InChI is InChI=1S/C16H20FN5O2/c1-24-13(23)11-6-5-10(9-12(11)17)22-15(19)20-14(18)21-16(22)7-3-2-4-8-16/h5-6,9H,2-4,7-8H2,1H3,(H4,18,19,20,21). The van der Waals surface area contributed by atoms with Crippen LogP contribution in [0.5, 0.6) is 0 Å². The zero-order chi connectivity index (χ0) is 17.3. The summed E-state index contributed by atoms with van der Waals surface area (Å²) in [5.41, 5.74) is 11.6. The van der Waals surface area contributed by atoms with Gasteiger partial charge in [0.05, 0.1) is 12.7 Å². The summed E-state index contributed by atoms with van der Waals surface area (Å²) in [6.45, 7) is 0. The summed E-state index contributed by atoms with van der Waals surface area (Å²) in [4.78, 5) is 21.8. The van der Waals surface area contributed by atoms with Crippen LogP contribution in [0.2, 0.25) is 0 Å². The fourth-order valence-electron chi connectivity index (χ4n) is 3.41. The lowest BCUT2D eigenvalue weighted by Gasteiger charge is -2.45. The number of halogens is 1. The summed E-state index contributed by atoms with van der Waals surface area (Å²) in [5, 5.41) is 0. The summed E-state index contributed by atoms with van der Waals surface area (Å²) in [5.74, 6) is -1.10. The maximum absolute atomic E-state index is 14.3. The van der Waals surface area contributed by atoms with Crippen molar-refractivity contribution in [1.82, 2.24) is 0 Å². The van der Waals surface area contributed by atoms with Crippen molar-refractivity contribution >= 4 is 23.6 Å². The van der Waals surface area contributed by atoms with Crippen molar-refractivity contribution in [2.24, 2.45) is 21.5 Å². The highest BCUT2D eigenvalue weighted by atomic mass is 19.1. The van der Waals surface area contributed by atoms with E-state index < -0.39 is 17.4 Å². The fourth-order valence-corrected chi connectivity index (χ4v) is 3.41. The van der Waals surface area contributed by atoms with Crippen LogP contribution in [0.15, 0.2) is 28.2 Å². The Bertz CT molecular complexity index is 725. The van der Waals surface area contributed by atoms with Crippen molar-refractivity contribution in [3.8, 4) is 0 Å². The van der Waals surface area contributed by atoms with Crippen LogP contribution in [0, 0.1) is 5.82 Å². The maximum Gasteiger partial charge on any atom is 0.340 e. The molecule has 1 spiro atoms. The van der Waals surface area contributed by atoms with Gasteiger partial charge in [-0.2, -0.15) is 4.99 Å². The van der Waals surface area contributed by atoms with E-state index >= 15 is 0 Å². The van der Waals surface area contributed by atoms with Crippen LogP contribution in [-0.4, -0.2) is 30.7 Å². The normalized spacial score (nSPS) is 19.7. The molecule has 4 N–H and O–H groups in total. The SMILES string of the molecule is COC(=O)c1ccc(N2C(N)=NC(N)=NC23CCCCC3)cc1F. The Morgan fingerprint density at radius 1 is 1.29 bits per heavy atom. The number of guanidine groups is 2. The minimum atomic E-state index is -0.728. The Labute approximate surface area is 139 Å². The van der Waals surface area contributed by atoms with Crippen molar-refractivity contribution < 1.29 is 13.9 Å². The smallest absolute Gasteiger partial charge is 0.340 e. The molecule has 1 fully saturated rings. The second-order valence-corrected chi connectivity index (χ2v) is 5.97. The molecule has 24 heavy (non-hydrogen) atoms. The molecular formula is C16H20FN5O2. The Hall–Kier alpha value is -2.64. The number of benzene rings is 1. The molecule has 1 aromatic rings. The summed E-state index contributed by atoms with van der Waals surface area (Å²) in [6.07, 6.45) is 4.57. The number of hydrogen-bond acceptors (Lipinski definition) is 7. The topological polar surface area (TPSA) is 106 Å². The zero-order valence-electron chi connectivity index (χ0n) is 13.5. The maximum atomic E-state index is 14.3. The third-order valence-electron chi connectivity index (χ3n) is 4.47. The number of carbonyl (C=O) groups is 1. The van der Waals surface area contributed by atoms with E-state index in [9.17, 15) is 9.18 Å². The van der Waals surface area contributed by atoms with E-state index in [-0.39, 0.29) is 17.5 Å². The number of rotatable bonds is 2. The number of ether oxygens (including phenoxy) is 1. The van der Waals surface area contributed by atoms with Crippen LogP contribution in [0.25, 0.3) is 0 Å². The number of aliphatic imine (C=N–C) groups is 2. The van der Waals surface area contributed by atoms with Gasteiger partial charge in [0.2, 0.25) is 11.9 Å². The summed E-state index contributed by atoms with van der Waals surface area (Å²) < 4.78 is 18.9. The van der Waals surface area contributed by atoms with Crippen LogP contribution in [0.1, 0.15) is 42.5 Å². The average molecular weight is 333 g/mol. The van der Waals surface area contributed by atoms with E-state index in [1.54, 1.807) is 11.0 Å². The molecular weight excluding hydrogens is 313 g/mol. The molecule has 0 atom stereocenters. The molecule has 128 valence electrons. The highest BCUT2D eigenvalue weighted by Gasteiger charge is 2.42. The second-order valence-electron chi connectivity index (χ2n) is 5.97. The van der Waals surface area contributed by atoms with E-state index in [4.69, 9.17) is 11.5 Å². The third kappa shape index (κ3) is 2.68. The molecule has 1 aromatic carbocycles. The molecule has 7 nitrogen and oxygen atoms in total. The van der Waals surface area contributed by atoms with Crippen molar-refractivity contribution in [3.05, 3.63) is 29.6 Å². The minimum absolute atomic E-state index is 0.130. The molecule has 8 heteroatoms. The van der Waals surface area contributed by atoms with Crippen LogP contribution < -0.4 is 16.4 Å². The van der Waals surface area contributed by atoms with E-state index in [0.717, 1.165) is 32.1 Å². The largest absolute Gasteiger partial charge is 0.465 e. The lowest BCUT2D eigenvalue weighted by molar-refractivity contribution is 0.0595. The first-order valence-corrected chi connectivity index (χ1v) is 7.84. The van der Waals surface area contributed by atoms with Crippen molar-refractivity contribution in [2.45, 2.75) is 37.8 Å². The van der Waals surface area contributed by atoms with Gasteiger partial charge in [-0.3, -0.25) is 4.90 Å². The Kier molecular flexibility index (Phi) is 4.13. The van der Waals surface area contributed by atoms with E-state index in [2.05, 4.69) is 14.7 Å². The zero-order valence-corrected chi connectivity index (χ0v) is 13.5. The van der Waals surface area contributed by atoms with Gasteiger partial charge in [-0.15, -0.1) is 0 Å². The molecule has 1 aliphatic heterocycles. The summed E-state index contributed by atoms with van der Waals surface area (Å²) in [6, 6.07) is 4.25. The van der Waals surface area contributed by atoms with E-state index in [1.165, 1.54) is 19.2 Å². The number of methoxy groups -OCH3 is 1. The van der Waals surface area contributed by atoms with Crippen LogP contribution >= 0.6 is 0 Å². The van der Waals surface area contributed by atoms with E-state index in [0.29, 0.717) is 5.69 Å². The average Bonchev–Trinajstić information content (AvgIpc) is 2.54. The molecule has 2 aliphatic rings. The minimum Gasteiger partial charge on any atom is -0.465 e. The highest BCUT2D eigenvalue weighted by molar-refractivity contribution is 6.05. The van der Waals surface area contributed by atoms with Gasteiger partial charge in [0, 0.05) is 5.69 Å². The van der Waals surface area contributed by atoms with Gasteiger partial charge in [-0.1, -0.05) is 6.42 Å². The van der Waals surface area contributed by atoms with Crippen molar-refractivity contribution in [2.75, 3.05) is 12.0 Å². The van der Waals surface area contributed by atoms with Gasteiger partial charge < -0.3 is 16.2 Å². The number of nitrogens with zero attached hydrogens (tertiary/aromatic N) is 3. The number of nitrogens with two attached hydrogens (primary N) is 2.